The summed E-state index contributed by atoms with van der Waals surface area (Å²) in [6.45, 7) is 5.13. The molecule has 0 amide bonds. The zero-order valence-corrected chi connectivity index (χ0v) is 11.4. The predicted molar refractivity (Wildman–Crippen MR) is 73.8 cm³/mol. The van der Waals surface area contributed by atoms with Gasteiger partial charge in [0.25, 0.3) is 5.56 Å². The van der Waals surface area contributed by atoms with Gasteiger partial charge < -0.3 is 9.88 Å². The normalized spacial score (nSPS) is 23.9. The van der Waals surface area contributed by atoms with Crippen molar-refractivity contribution in [3.63, 3.8) is 0 Å². The highest BCUT2D eigenvalue weighted by Gasteiger charge is 2.19. The molecule has 0 bridgehead atoms. The lowest BCUT2D eigenvalue weighted by Gasteiger charge is -2.27. The number of rotatable bonds is 4. The van der Waals surface area contributed by atoms with E-state index in [2.05, 4.69) is 24.1 Å². The molecule has 1 N–H and O–H groups in total. The van der Waals surface area contributed by atoms with Gasteiger partial charge in [0.15, 0.2) is 5.82 Å². The highest BCUT2D eigenvalue weighted by atomic mass is 16.1. The number of nitrogens with one attached hydrogen (secondary N) is 1. The van der Waals surface area contributed by atoms with Crippen LogP contribution < -0.4 is 10.9 Å². The molecule has 0 saturated heterocycles. The predicted octanol–water partition coefficient (Wildman–Crippen LogP) is 2.64. The van der Waals surface area contributed by atoms with Crippen LogP contribution in [0.4, 0.5) is 5.82 Å². The minimum atomic E-state index is 0.0120. The molecule has 4 heteroatoms. The van der Waals surface area contributed by atoms with Crippen molar-refractivity contribution in [2.75, 3.05) is 5.32 Å². The van der Waals surface area contributed by atoms with E-state index in [9.17, 15) is 4.79 Å². The van der Waals surface area contributed by atoms with E-state index in [1.54, 1.807) is 17.0 Å². The fraction of sp³-hybridized carbons (Fsp3) is 0.714. The summed E-state index contributed by atoms with van der Waals surface area (Å²) in [5.41, 5.74) is 0.0120. The second-order valence-corrected chi connectivity index (χ2v) is 5.38. The van der Waals surface area contributed by atoms with E-state index >= 15 is 0 Å². The van der Waals surface area contributed by atoms with Crippen LogP contribution in [0.1, 0.15) is 46.0 Å². The van der Waals surface area contributed by atoms with Crippen molar-refractivity contribution in [2.24, 2.45) is 5.92 Å². The van der Waals surface area contributed by atoms with Gasteiger partial charge in [-0.15, -0.1) is 0 Å². The third-order valence-corrected chi connectivity index (χ3v) is 3.73. The Bertz CT molecular complexity index is 433. The molecule has 18 heavy (non-hydrogen) atoms. The van der Waals surface area contributed by atoms with Gasteiger partial charge in [0.2, 0.25) is 0 Å². The molecule has 0 radical (unpaired) electrons. The summed E-state index contributed by atoms with van der Waals surface area (Å²) >= 11 is 0. The first-order chi connectivity index (χ1) is 8.70. The monoisotopic (exact) mass is 249 g/mol. The highest BCUT2D eigenvalue weighted by Crippen LogP contribution is 2.24. The number of nitrogens with zero attached hydrogens (tertiary/aromatic N) is 2. The molecule has 0 aromatic carbocycles. The molecule has 1 fully saturated rings. The van der Waals surface area contributed by atoms with Crippen LogP contribution in [0.3, 0.4) is 0 Å². The lowest BCUT2D eigenvalue weighted by atomic mass is 9.87. The van der Waals surface area contributed by atoms with E-state index in [1.165, 1.54) is 12.8 Å². The van der Waals surface area contributed by atoms with Crippen LogP contribution in [-0.2, 0) is 6.54 Å². The Hall–Kier alpha value is -1.32. The molecular formula is C14H23N3O. The average molecular weight is 249 g/mol. The van der Waals surface area contributed by atoms with Crippen LogP contribution in [0.2, 0.25) is 0 Å². The summed E-state index contributed by atoms with van der Waals surface area (Å²) in [6.07, 6.45) is 9.21. The molecule has 1 heterocycles. The Kier molecular flexibility index (Phi) is 4.39. The lowest BCUT2D eigenvalue weighted by Crippen LogP contribution is -2.31. The standard InChI is InChI=1S/C14H23N3O/c1-3-9-17-10-8-15-13(14(17)18)16-12-6-4-11(2)5-7-12/h8,10-12H,3-7,9H2,1-2H3,(H,15,16). The van der Waals surface area contributed by atoms with Gasteiger partial charge in [-0.3, -0.25) is 4.79 Å². The van der Waals surface area contributed by atoms with Crippen molar-refractivity contribution < 1.29 is 0 Å². The van der Waals surface area contributed by atoms with Gasteiger partial charge in [-0.1, -0.05) is 13.8 Å². The number of hydrogen-bond donors (Lipinski definition) is 1. The average Bonchev–Trinajstić information content (AvgIpc) is 2.37. The Balaban J connectivity index is 2.05. The van der Waals surface area contributed by atoms with Gasteiger partial charge in [-0.25, -0.2) is 4.98 Å². The molecule has 4 nitrogen and oxygen atoms in total. The van der Waals surface area contributed by atoms with Gasteiger partial charge >= 0.3 is 0 Å². The van der Waals surface area contributed by atoms with Crippen LogP contribution in [0.15, 0.2) is 17.2 Å². The van der Waals surface area contributed by atoms with E-state index in [0.717, 1.165) is 31.7 Å². The maximum Gasteiger partial charge on any atom is 0.293 e. The van der Waals surface area contributed by atoms with E-state index in [-0.39, 0.29) is 5.56 Å². The summed E-state index contributed by atoms with van der Waals surface area (Å²) in [5.74, 6) is 1.34. The Labute approximate surface area is 108 Å². The second-order valence-electron chi connectivity index (χ2n) is 5.38. The number of hydrogen-bond acceptors (Lipinski definition) is 3. The highest BCUT2D eigenvalue weighted by molar-refractivity contribution is 5.32. The smallest absolute Gasteiger partial charge is 0.293 e. The van der Waals surface area contributed by atoms with Crippen LogP contribution >= 0.6 is 0 Å². The summed E-state index contributed by atoms with van der Waals surface area (Å²) in [5, 5.41) is 3.32. The van der Waals surface area contributed by atoms with E-state index in [1.807, 2.05) is 0 Å². The molecule has 0 atom stereocenters. The van der Waals surface area contributed by atoms with E-state index in [4.69, 9.17) is 0 Å². The van der Waals surface area contributed by atoms with Crippen LogP contribution in [0.5, 0.6) is 0 Å². The van der Waals surface area contributed by atoms with Gasteiger partial charge in [0.05, 0.1) is 0 Å². The first-order valence-corrected chi connectivity index (χ1v) is 7.02. The van der Waals surface area contributed by atoms with Crippen LogP contribution in [-0.4, -0.2) is 15.6 Å². The SMILES string of the molecule is CCCn1ccnc(NC2CCC(C)CC2)c1=O. The second kappa shape index (κ2) is 6.03. The van der Waals surface area contributed by atoms with Crippen LogP contribution in [0, 0.1) is 5.92 Å². The Morgan fingerprint density at radius 1 is 1.39 bits per heavy atom. The first-order valence-electron chi connectivity index (χ1n) is 7.02. The lowest BCUT2D eigenvalue weighted by molar-refractivity contribution is 0.360. The molecule has 0 aliphatic heterocycles. The third-order valence-electron chi connectivity index (χ3n) is 3.73. The maximum atomic E-state index is 12.1. The minimum Gasteiger partial charge on any atom is -0.363 e. The molecule has 1 aromatic heterocycles. The summed E-state index contributed by atoms with van der Waals surface area (Å²) in [7, 11) is 0. The molecule has 1 aromatic rings. The largest absolute Gasteiger partial charge is 0.363 e. The zero-order valence-electron chi connectivity index (χ0n) is 11.4. The van der Waals surface area contributed by atoms with Gasteiger partial charge in [-0.05, 0) is 38.0 Å². The molecular weight excluding hydrogens is 226 g/mol. The summed E-state index contributed by atoms with van der Waals surface area (Å²) < 4.78 is 1.74. The molecule has 1 aliphatic rings. The van der Waals surface area contributed by atoms with Crippen molar-refractivity contribution in [3.05, 3.63) is 22.7 Å². The van der Waals surface area contributed by atoms with Gasteiger partial charge in [-0.2, -0.15) is 0 Å². The van der Waals surface area contributed by atoms with E-state index in [0.29, 0.717) is 11.9 Å². The van der Waals surface area contributed by atoms with Crippen LogP contribution in [0.25, 0.3) is 0 Å². The summed E-state index contributed by atoms with van der Waals surface area (Å²) in [6, 6.07) is 0.416. The van der Waals surface area contributed by atoms with Gasteiger partial charge in [0.1, 0.15) is 0 Å². The summed E-state index contributed by atoms with van der Waals surface area (Å²) in [4.78, 5) is 16.3. The van der Waals surface area contributed by atoms with Crippen molar-refractivity contribution in [1.29, 1.82) is 0 Å². The number of aromatic nitrogens is 2. The fourth-order valence-corrected chi connectivity index (χ4v) is 2.56. The molecule has 100 valence electrons. The Morgan fingerprint density at radius 2 is 2.11 bits per heavy atom. The van der Waals surface area contributed by atoms with Crippen molar-refractivity contribution >= 4 is 5.82 Å². The molecule has 0 spiro atoms. The topological polar surface area (TPSA) is 46.9 Å². The fourth-order valence-electron chi connectivity index (χ4n) is 2.56. The molecule has 1 saturated carbocycles. The minimum absolute atomic E-state index is 0.0120. The van der Waals surface area contributed by atoms with Gasteiger partial charge in [0, 0.05) is 25.0 Å². The van der Waals surface area contributed by atoms with E-state index < -0.39 is 0 Å². The van der Waals surface area contributed by atoms with Crippen molar-refractivity contribution in [1.82, 2.24) is 9.55 Å². The first kappa shape index (κ1) is 13.1. The zero-order chi connectivity index (χ0) is 13.0. The molecule has 1 aliphatic carbocycles. The molecule has 2 rings (SSSR count). The number of aryl methyl sites for hydroxylation is 1. The van der Waals surface area contributed by atoms with Crippen molar-refractivity contribution in [3.8, 4) is 0 Å². The third kappa shape index (κ3) is 3.12. The maximum absolute atomic E-state index is 12.1. The Morgan fingerprint density at radius 3 is 2.78 bits per heavy atom. The van der Waals surface area contributed by atoms with Crippen molar-refractivity contribution in [2.45, 2.75) is 58.5 Å². The molecule has 0 unspecified atom stereocenters. The quantitative estimate of drug-likeness (QED) is 0.892. The number of anilines is 1.